The van der Waals surface area contributed by atoms with Gasteiger partial charge in [-0.15, -0.1) is 10.2 Å². The van der Waals surface area contributed by atoms with E-state index < -0.39 is 11.5 Å². The third-order valence-corrected chi connectivity index (χ3v) is 7.95. The van der Waals surface area contributed by atoms with Crippen LogP contribution < -0.4 is 5.32 Å². The van der Waals surface area contributed by atoms with Crippen molar-refractivity contribution >= 4 is 28.3 Å². The molecule has 31 heavy (non-hydrogen) atoms. The fraction of sp³-hybridized carbons (Fsp3) is 0.565. The molecule has 1 saturated heterocycles. The molecule has 2 amide bonds. The van der Waals surface area contributed by atoms with E-state index in [4.69, 9.17) is 4.74 Å². The number of aryl methyl sites for hydroxylation is 1. The van der Waals surface area contributed by atoms with Gasteiger partial charge in [0.2, 0.25) is 11.0 Å². The van der Waals surface area contributed by atoms with Crippen LogP contribution in [0.4, 0.5) is 5.13 Å². The van der Waals surface area contributed by atoms with Crippen molar-refractivity contribution < 1.29 is 14.3 Å². The smallest absolute Gasteiger partial charge is 0.254 e. The molecule has 3 aliphatic rings. The third kappa shape index (κ3) is 3.55. The molecule has 1 N–H and O–H groups in total. The van der Waals surface area contributed by atoms with Crippen LogP contribution in [0.15, 0.2) is 24.3 Å². The number of rotatable bonds is 5. The van der Waals surface area contributed by atoms with Crippen LogP contribution in [-0.4, -0.2) is 51.7 Å². The molecule has 1 saturated carbocycles. The van der Waals surface area contributed by atoms with Gasteiger partial charge in [0.1, 0.15) is 5.01 Å². The molecule has 2 atom stereocenters. The van der Waals surface area contributed by atoms with Gasteiger partial charge in [-0.1, -0.05) is 49.3 Å². The second-order valence-corrected chi connectivity index (χ2v) is 9.79. The van der Waals surface area contributed by atoms with Gasteiger partial charge >= 0.3 is 0 Å². The zero-order chi connectivity index (χ0) is 21.4. The zero-order valence-electron chi connectivity index (χ0n) is 17.8. The zero-order valence-corrected chi connectivity index (χ0v) is 18.6. The lowest BCUT2D eigenvalue weighted by molar-refractivity contribution is -0.121. The van der Waals surface area contributed by atoms with Crippen LogP contribution in [0.1, 0.15) is 72.3 Å². The van der Waals surface area contributed by atoms with Crippen molar-refractivity contribution in [1.29, 1.82) is 0 Å². The highest BCUT2D eigenvalue weighted by Gasteiger charge is 2.56. The van der Waals surface area contributed by atoms with Crippen LogP contribution in [0.2, 0.25) is 0 Å². The highest BCUT2D eigenvalue weighted by Crippen LogP contribution is 2.51. The Hall–Kier alpha value is -2.32. The predicted octanol–water partition coefficient (Wildman–Crippen LogP) is 3.77. The van der Waals surface area contributed by atoms with Crippen LogP contribution in [0.5, 0.6) is 0 Å². The summed E-state index contributed by atoms with van der Waals surface area (Å²) in [5, 5.41) is 12.7. The summed E-state index contributed by atoms with van der Waals surface area (Å²) in [4.78, 5) is 29.4. The number of hydrogen-bond acceptors (Lipinski definition) is 6. The van der Waals surface area contributed by atoms with E-state index in [0.717, 1.165) is 62.1 Å². The van der Waals surface area contributed by atoms with Gasteiger partial charge in [-0.3, -0.25) is 14.9 Å². The number of ether oxygens (including phenoxy) is 1. The Bertz CT molecular complexity index is 979. The standard InChI is InChI=1S/C23H28N4O3S/c1-2-18-25-26-22(31-18)24-20(28)19-16-9-3-4-10-17(16)21(29)27(14-15-8-7-13-30-15)23(19)11-5-6-12-23/h3-4,9-10,15,19H,2,5-8,11-14H2,1H3,(H,24,26,28)/t15-,19-/m0/s1. The Kier molecular flexibility index (Phi) is 5.52. The second-order valence-electron chi connectivity index (χ2n) is 8.73. The summed E-state index contributed by atoms with van der Waals surface area (Å²) in [5.74, 6) is -0.501. The molecule has 0 unspecified atom stereocenters. The van der Waals surface area contributed by atoms with Crippen molar-refractivity contribution in [2.24, 2.45) is 0 Å². The third-order valence-electron chi connectivity index (χ3n) is 6.96. The molecule has 7 nitrogen and oxygen atoms in total. The number of carbonyl (C=O) groups is 2. The van der Waals surface area contributed by atoms with Crippen molar-refractivity contribution in [2.45, 2.75) is 69.4 Å². The molecule has 1 spiro atoms. The molecule has 3 heterocycles. The summed E-state index contributed by atoms with van der Waals surface area (Å²) < 4.78 is 5.89. The summed E-state index contributed by atoms with van der Waals surface area (Å²) in [6.07, 6.45) is 6.50. The predicted molar refractivity (Wildman–Crippen MR) is 118 cm³/mol. The topological polar surface area (TPSA) is 84.4 Å². The fourth-order valence-corrected chi connectivity index (χ4v) is 6.23. The first-order chi connectivity index (χ1) is 15.1. The Morgan fingerprint density at radius 3 is 2.77 bits per heavy atom. The average molecular weight is 441 g/mol. The molecule has 2 fully saturated rings. The van der Waals surface area contributed by atoms with E-state index in [1.165, 1.54) is 11.3 Å². The molecule has 1 aromatic heterocycles. The summed E-state index contributed by atoms with van der Waals surface area (Å²) >= 11 is 1.41. The minimum Gasteiger partial charge on any atom is -0.376 e. The Labute approximate surface area is 186 Å². The number of carbonyl (C=O) groups excluding carboxylic acids is 2. The molecule has 0 radical (unpaired) electrons. The monoisotopic (exact) mass is 440 g/mol. The van der Waals surface area contributed by atoms with E-state index in [2.05, 4.69) is 15.5 Å². The Balaban J connectivity index is 1.55. The van der Waals surface area contributed by atoms with Gasteiger partial charge in [-0.2, -0.15) is 0 Å². The number of anilines is 1. The van der Waals surface area contributed by atoms with E-state index in [9.17, 15) is 9.59 Å². The minimum atomic E-state index is -0.514. The Morgan fingerprint density at radius 2 is 2.06 bits per heavy atom. The summed E-state index contributed by atoms with van der Waals surface area (Å²) in [6.45, 7) is 3.32. The first-order valence-electron chi connectivity index (χ1n) is 11.3. The first kappa shape index (κ1) is 20.6. The summed E-state index contributed by atoms with van der Waals surface area (Å²) in [5.41, 5.74) is 0.945. The van der Waals surface area contributed by atoms with Gasteiger partial charge in [-0.25, -0.2) is 0 Å². The SMILES string of the molecule is CCc1nnc(NC(=O)[C@@H]2c3ccccc3C(=O)N(C[C@@H]3CCCO3)C23CCCC3)s1. The lowest BCUT2D eigenvalue weighted by Gasteiger charge is -2.50. The second kappa shape index (κ2) is 8.31. The Morgan fingerprint density at radius 1 is 1.26 bits per heavy atom. The number of aromatic nitrogens is 2. The van der Waals surface area contributed by atoms with Crippen LogP contribution in [-0.2, 0) is 16.0 Å². The minimum absolute atomic E-state index is 0.0289. The van der Waals surface area contributed by atoms with Gasteiger partial charge in [-0.05, 0) is 43.7 Å². The molecule has 5 rings (SSSR count). The first-order valence-corrected chi connectivity index (χ1v) is 12.1. The molecule has 0 bridgehead atoms. The lowest BCUT2D eigenvalue weighted by Crippen LogP contribution is -2.61. The normalized spacial score (nSPS) is 24.5. The maximum absolute atomic E-state index is 13.7. The van der Waals surface area contributed by atoms with Crippen LogP contribution >= 0.6 is 11.3 Å². The van der Waals surface area contributed by atoms with E-state index in [-0.39, 0.29) is 17.9 Å². The van der Waals surface area contributed by atoms with Gasteiger partial charge in [0.05, 0.1) is 17.6 Å². The van der Waals surface area contributed by atoms with Gasteiger partial charge in [0, 0.05) is 18.7 Å². The van der Waals surface area contributed by atoms with Crippen LogP contribution in [0.3, 0.4) is 0 Å². The quantitative estimate of drug-likeness (QED) is 0.765. The van der Waals surface area contributed by atoms with E-state index in [1.807, 2.05) is 36.1 Å². The van der Waals surface area contributed by atoms with Crippen LogP contribution in [0, 0.1) is 0 Å². The van der Waals surface area contributed by atoms with E-state index in [0.29, 0.717) is 17.2 Å². The molecular weight excluding hydrogens is 412 g/mol. The molecular formula is C23H28N4O3S. The fourth-order valence-electron chi connectivity index (χ4n) is 5.55. The van der Waals surface area contributed by atoms with Crippen LogP contribution in [0.25, 0.3) is 0 Å². The molecule has 1 aromatic carbocycles. The highest BCUT2D eigenvalue weighted by atomic mass is 32.1. The van der Waals surface area contributed by atoms with Gasteiger partial charge in [0.25, 0.3) is 5.91 Å². The van der Waals surface area contributed by atoms with Crippen molar-refractivity contribution in [3.63, 3.8) is 0 Å². The largest absolute Gasteiger partial charge is 0.376 e. The highest BCUT2D eigenvalue weighted by molar-refractivity contribution is 7.15. The number of fused-ring (bicyclic) bond motifs is 1. The molecule has 2 aliphatic heterocycles. The van der Waals surface area contributed by atoms with E-state index >= 15 is 0 Å². The van der Waals surface area contributed by atoms with Gasteiger partial charge in [0.15, 0.2) is 0 Å². The number of benzene rings is 1. The molecule has 2 aromatic rings. The lowest BCUT2D eigenvalue weighted by atomic mass is 9.71. The number of hydrogen-bond donors (Lipinski definition) is 1. The summed E-state index contributed by atoms with van der Waals surface area (Å²) in [6, 6.07) is 7.59. The average Bonchev–Trinajstić information content (AvgIpc) is 3.54. The molecule has 1 aliphatic carbocycles. The maximum Gasteiger partial charge on any atom is 0.254 e. The van der Waals surface area contributed by atoms with Crippen molar-refractivity contribution in [2.75, 3.05) is 18.5 Å². The van der Waals surface area contributed by atoms with Crippen molar-refractivity contribution in [3.05, 3.63) is 40.4 Å². The van der Waals surface area contributed by atoms with E-state index in [1.54, 1.807) is 0 Å². The van der Waals surface area contributed by atoms with Crippen molar-refractivity contribution in [1.82, 2.24) is 15.1 Å². The van der Waals surface area contributed by atoms with Crippen molar-refractivity contribution in [3.8, 4) is 0 Å². The number of nitrogens with zero attached hydrogens (tertiary/aromatic N) is 3. The van der Waals surface area contributed by atoms with Gasteiger partial charge < -0.3 is 9.64 Å². The maximum atomic E-state index is 13.7. The number of nitrogens with one attached hydrogen (secondary N) is 1. The summed E-state index contributed by atoms with van der Waals surface area (Å²) in [7, 11) is 0. The molecule has 8 heteroatoms. The number of amides is 2. The molecule has 164 valence electrons.